The normalized spacial score (nSPS) is 22.0. The third-order valence-corrected chi connectivity index (χ3v) is 3.69. The number of nitrogens with one attached hydrogen (secondary N) is 1. The molecule has 0 unspecified atom stereocenters. The molecule has 0 radical (unpaired) electrons. The van der Waals surface area contributed by atoms with Crippen LogP contribution in [0.25, 0.3) is 0 Å². The van der Waals surface area contributed by atoms with Crippen LogP contribution in [0.1, 0.15) is 37.0 Å². The quantitative estimate of drug-likeness (QED) is 0.913. The van der Waals surface area contributed by atoms with Gasteiger partial charge in [-0.15, -0.1) is 0 Å². The fourth-order valence-corrected chi connectivity index (χ4v) is 2.78. The van der Waals surface area contributed by atoms with Crippen LogP contribution in [-0.2, 0) is 4.74 Å². The van der Waals surface area contributed by atoms with Crippen molar-refractivity contribution in [3.05, 3.63) is 28.0 Å². The Kier molecular flexibility index (Phi) is 4.33. The molecule has 104 valence electrons. The maximum Gasteiger partial charge on any atom is 0.254 e. The molecule has 6 heteroatoms. The molecule has 0 saturated carbocycles. The molecule has 1 aliphatic rings. The average Bonchev–Trinajstić information content (AvgIpc) is 2.27. The van der Waals surface area contributed by atoms with Crippen molar-refractivity contribution in [2.45, 2.75) is 38.3 Å². The van der Waals surface area contributed by atoms with Crippen molar-refractivity contribution in [3.8, 4) is 0 Å². The Balaban J connectivity index is 2.09. The van der Waals surface area contributed by atoms with Crippen molar-refractivity contribution in [2.24, 2.45) is 0 Å². The third kappa shape index (κ3) is 3.59. The molecule has 1 aromatic rings. The van der Waals surface area contributed by atoms with E-state index in [0.29, 0.717) is 6.61 Å². The van der Waals surface area contributed by atoms with Crippen LogP contribution in [-0.4, -0.2) is 29.1 Å². The zero-order valence-corrected chi connectivity index (χ0v) is 12.4. The largest absolute Gasteiger partial charge is 0.375 e. The van der Waals surface area contributed by atoms with E-state index in [1.165, 1.54) is 12.4 Å². The maximum absolute atomic E-state index is 12.2. The molecule has 4 nitrogen and oxygen atoms in total. The fourth-order valence-electron chi connectivity index (χ4n) is 2.24. The molecular weight excluding hydrogens is 287 g/mol. The summed E-state index contributed by atoms with van der Waals surface area (Å²) >= 11 is 11.9. The Morgan fingerprint density at radius 3 is 2.63 bits per heavy atom. The van der Waals surface area contributed by atoms with Crippen molar-refractivity contribution >= 4 is 29.1 Å². The lowest BCUT2D eigenvalue weighted by molar-refractivity contribution is -0.0615. The van der Waals surface area contributed by atoms with E-state index in [0.717, 1.165) is 12.8 Å². The van der Waals surface area contributed by atoms with Gasteiger partial charge in [0, 0.05) is 25.0 Å². The van der Waals surface area contributed by atoms with Gasteiger partial charge >= 0.3 is 0 Å². The summed E-state index contributed by atoms with van der Waals surface area (Å²) in [4.78, 5) is 16.0. The van der Waals surface area contributed by atoms with Gasteiger partial charge in [0.2, 0.25) is 0 Å². The van der Waals surface area contributed by atoms with Gasteiger partial charge in [0.1, 0.15) is 0 Å². The van der Waals surface area contributed by atoms with E-state index in [9.17, 15) is 4.79 Å². The Hall–Kier alpha value is -0.840. The number of nitrogens with zero attached hydrogens (tertiary/aromatic N) is 1. The third-order valence-electron chi connectivity index (χ3n) is 3.11. The molecule has 1 saturated heterocycles. The predicted octanol–water partition coefficient (Wildman–Crippen LogP) is 3.08. The number of hydrogen-bond acceptors (Lipinski definition) is 3. The highest BCUT2D eigenvalue weighted by Gasteiger charge is 2.30. The predicted molar refractivity (Wildman–Crippen MR) is 74.8 cm³/mol. The molecule has 1 aliphatic heterocycles. The summed E-state index contributed by atoms with van der Waals surface area (Å²) in [6.45, 7) is 4.66. The molecule has 1 amide bonds. The fraction of sp³-hybridized carbons (Fsp3) is 0.538. The van der Waals surface area contributed by atoms with Gasteiger partial charge in [-0.2, -0.15) is 0 Å². The second kappa shape index (κ2) is 5.65. The molecule has 1 atom stereocenters. The summed E-state index contributed by atoms with van der Waals surface area (Å²) in [5.41, 5.74) is 0.0600. The topological polar surface area (TPSA) is 51.2 Å². The first kappa shape index (κ1) is 14.6. The zero-order valence-electron chi connectivity index (χ0n) is 10.9. The Morgan fingerprint density at radius 1 is 1.42 bits per heavy atom. The number of hydrogen-bond donors (Lipinski definition) is 1. The van der Waals surface area contributed by atoms with Crippen LogP contribution < -0.4 is 5.32 Å². The van der Waals surface area contributed by atoms with Crippen molar-refractivity contribution in [2.75, 3.05) is 6.61 Å². The molecular formula is C13H16Cl2N2O2. The highest BCUT2D eigenvalue weighted by molar-refractivity contribution is 6.39. The maximum atomic E-state index is 12.2. The molecule has 19 heavy (non-hydrogen) atoms. The first-order valence-electron chi connectivity index (χ1n) is 6.13. The van der Waals surface area contributed by atoms with Crippen molar-refractivity contribution in [1.29, 1.82) is 0 Å². The van der Waals surface area contributed by atoms with E-state index in [1.54, 1.807) is 0 Å². The summed E-state index contributed by atoms with van der Waals surface area (Å²) in [6, 6.07) is 0.0662. The minimum Gasteiger partial charge on any atom is -0.375 e. The van der Waals surface area contributed by atoms with Crippen LogP contribution in [0.15, 0.2) is 12.4 Å². The summed E-state index contributed by atoms with van der Waals surface area (Å²) in [5.74, 6) is -0.264. The summed E-state index contributed by atoms with van der Waals surface area (Å²) in [7, 11) is 0. The molecule has 0 aliphatic carbocycles. The zero-order chi connectivity index (χ0) is 14.0. The van der Waals surface area contributed by atoms with Gasteiger partial charge in [0.05, 0.1) is 21.2 Å². The number of rotatable bonds is 2. The van der Waals surface area contributed by atoms with Gasteiger partial charge in [0.25, 0.3) is 5.91 Å². The van der Waals surface area contributed by atoms with Crippen molar-refractivity contribution in [3.63, 3.8) is 0 Å². The average molecular weight is 303 g/mol. The highest BCUT2D eigenvalue weighted by Crippen LogP contribution is 2.26. The van der Waals surface area contributed by atoms with Gasteiger partial charge in [-0.3, -0.25) is 9.78 Å². The first-order chi connectivity index (χ1) is 8.89. The lowest BCUT2D eigenvalue weighted by Gasteiger charge is -2.35. The number of ether oxygens (including phenoxy) is 1. The second-order valence-electron chi connectivity index (χ2n) is 5.25. The second-order valence-corrected chi connectivity index (χ2v) is 6.06. The molecule has 2 heterocycles. The van der Waals surface area contributed by atoms with E-state index < -0.39 is 0 Å². The minimum absolute atomic E-state index is 0.0662. The highest BCUT2D eigenvalue weighted by atomic mass is 35.5. The number of aromatic nitrogens is 1. The van der Waals surface area contributed by atoms with Gasteiger partial charge in [-0.25, -0.2) is 0 Å². The van der Waals surface area contributed by atoms with Crippen LogP contribution in [0.5, 0.6) is 0 Å². The summed E-state index contributed by atoms with van der Waals surface area (Å²) in [6.07, 6.45) is 4.38. The van der Waals surface area contributed by atoms with Crippen LogP contribution in [0.2, 0.25) is 10.0 Å². The molecule has 2 rings (SSSR count). The van der Waals surface area contributed by atoms with Crippen LogP contribution in [0, 0.1) is 0 Å². The number of halogens is 2. The minimum atomic E-state index is -0.264. The lowest BCUT2D eigenvalue weighted by Crippen LogP contribution is -2.45. The van der Waals surface area contributed by atoms with Crippen LogP contribution >= 0.6 is 23.2 Å². The Morgan fingerprint density at radius 2 is 2.05 bits per heavy atom. The lowest BCUT2D eigenvalue weighted by atomic mass is 9.94. The van der Waals surface area contributed by atoms with Crippen molar-refractivity contribution < 1.29 is 9.53 Å². The van der Waals surface area contributed by atoms with E-state index in [2.05, 4.69) is 10.3 Å². The van der Waals surface area contributed by atoms with Crippen LogP contribution in [0.4, 0.5) is 0 Å². The summed E-state index contributed by atoms with van der Waals surface area (Å²) < 4.78 is 5.62. The number of carbonyl (C=O) groups excluding carboxylic acids is 1. The molecule has 0 spiro atoms. The molecule has 0 bridgehead atoms. The standard InChI is InChI=1S/C13H16Cl2N2O2/c1-13(2)5-8(3-4-19-13)17-12(18)11-9(14)6-16-7-10(11)15/h6-8H,3-5H2,1-2H3,(H,17,18)/t8-/m1/s1. The van der Waals surface area contributed by atoms with Crippen molar-refractivity contribution in [1.82, 2.24) is 10.3 Å². The SMILES string of the molecule is CC1(C)C[C@H](NC(=O)c2c(Cl)cncc2Cl)CCO1. The van der Waals surface area contributed by atoms with E-state index in [-0.39, 0.29) is 33.2 Å². The van der Waals surface area contributed by atoms with Gasteiger partial charge in [0.15, 0.2) is 0 Å². The number of carbonyl (C=O) groups is 1. The Bertz CT molecular complexity index is 471. The van der Waals surface area contributed by atoms with E-state index >= 15 is 0 Å². The summed E-state index contributed by atoms with van der Waals surface area (Å²) in [5, 5.41) is 3.48. The molecule has 1 N–H and O–H groups in total. The van der Waals surface area contributed by atoms with Crippen LogP contribution in [0.3, 0.4) is 0 Å². The monoisotopic (exact) mass is 302 g/mol. The van der Waals surface area contributed by atoms with E-state index in [4.69, 9.17) is 27.9 Å². The Labute approximate surface area is 122 Å². The van der Waals surface area contributed by atoms with Gasteiger partial charge in [-0.05, 0) is 26.7 Å². The molecule has 1 aromatic heterocycles. The number of pyridine rings is 1. The first-order valence-corrected chi connectivity index (χ1v) is 6.88. The number of amides is 1. The van der Waals surface area contributed by atoms with Gasteiger partial charge < -0.3 is 10.1 Å². The van der Waals surface area contributed by atoms with E-state index in [1.807, 2.05) is 13.8 Å². The smallest absolute Gasteiger partial charge is 0.254 e. The van der Waals surface area contributed by atoms with Gasteiger partial charge in [-0.1, -0.05) is 23.2 Å². The molecule has 0 aromatic carbocycles. The molecule has 1 fully saturated rings.